The number of esters is 1. The first kappa shape index (κ1) is 10.7. The van der Waals surface area contributed by atoms with Crippen molar-refractivity contribution in [2.45, 2.75) is 19.8 Å². The summed E-state index contributed by atoms with van der Waals surface area (Å²) in [5.74, 6) is -0.245. The van der Waals surface area contributed by atoms with Gasteiger partial charge in [0.05, 0.1) is 12.2 Å². The van der Waals surface area contributed by atoms with Crippen LogP contribution in [-0.2, 0) is 4.74 Å². The Labute approximate surface area is 94.4 Å². The lowest BCUT2D eigenvalue weighted by Crippen LogP contribution is -2.05. The zero-order valence-corrected chi connectivity index (χ0v) is 9.32. The van der Waals surface area contributed by atoms with E-state index in [1.807, 2.05) is 24.3 Å². The summed E-state index contributed by atoms with van der Waals surface area (Å²) >= 11 is 0. The number of hydrogen-bond acceptors (Lipinski definition) is 2. The first-order valence-corrected chi connectivity index (χ1v) is 5.56. The van der Waals surface area contributed by atoms with Crippen LogP contribution in [0, 0.1) is 0 Å². The van der Waals surface area contributed by atoms with Gasteiger partial charge in [0, 0.05) is 17.1 Å². The average molecular weight is 217 g/mol. The Balaban J connectivity index is 2.17. The van der Waals surface area contributed by atoms with Crippen molar-refractivity contribution >= 4 is 16.9 Å². The molecule has 0 atom stereocenters. The van der Waals surface area contributed by atoms with Gasteiger partial charge >= 0.3 is 5.97 Å². The molecule has 0 amide bonds. The number of para-hydroxylation sites is 1. The topological polar surface area (TPSA) is 42.1 Å². The van der Waals surface area contributed by atoms with Crippen molar-refractivity contribution in [3.8, 4) is 0 Å². The minimum atomic E-state index is -0.245. The van der Waals surface area contributed by atoms with Crippen LogP contribution in [0.25, 0.3) is 10.9 Å². The summed E-state index contributed by atoms with van der Waals surface area (Å²) in [5.41, 5.74) is 1.58. The van der Waals surface area contributed by atoms with Crippen molar-refractivity contribution < 1.29 is 9.53 Å². The van der Waals surface area contributed by atoms with Crippen LogP contribution in [0.1, 0.15) is 30.1 Å². The lowest BCUT2D eigenvalue weighted by molar-refractivity contribution is 0.0502. The molecule has 0 fully saturated rings. The smallest absolute Gasteiger partial charge is 0.340 e. The van der Waals surface area contributed by atoms with Gasteiger partial charge in [0.2, 0.25) is 0 Å². The fourth-order valence-electron chi connectivity index (χ4n) is 1.63. The summed E-state index contributed by atoms with van der Waals surface area (Å²) < 4.78 is 5.18. The number of unbranched alkanes of at least 4 members (excludes halogenated alkanes) is 1. The van der Waals surface area contributed by atoms with Crippen LogP contribution in [0.4, 0.5) is 0 Å². The van der Waals surface area contributed by atoms with Gasteiger partial charge in [-0.25, -0.2) is 4.79 Å². The summed E-state index contributed by atoms with van der Waals surface area (Å²) in [5, 5.41) is 0.920. The molecule has 2 rings (SSSR count). The maximum atomic E-state index is 11.8. The zero-order chi connectivity index (χ0) is 11.4. The highest BCUT2D eigenvalue weighted by Crippen LogP contribution is 2.18. The number of carbonyl (C=O) groups excluding carboxylic acids is 1. The maximum Gasteiger partial charge on any atom is 0.340 e. The van der Waals surface area contributed by atoms with E-state index < -0.39 is 0 Å². The SMILES string of the molecule is CCCCOC(=O)c1c[nH]c2ccccc12. The van der Waals surface area contributed by atoms with Gasteiger partial charge in [0.1, 0.15) is 0 Å². The van der Waals surface area contributed by atoms with Crippen LogP contribution in [-0.4, -0.2) is 17.6 Å². The highest BCUT2D eigenvalue weighted by atomic mass is 16.5. The van der Waals surface area contributed by atoms with Gasteiger partial charge in [-0.15, -0.1) is 0 Å². The largest absolute Gasteiger partial charge is 0.462 e. The van der Waals surface area contributed by atoms with Gasteiger partial charge in [0.25, 0.3) is 0 Å². The quantitative estimate of drug-likeness (QED) is 0.631. The third kappa shape index (κ3) is 2.08. The molecule has 1 aromatic carbocycles. The number of H-pyrrole nitrogens is 1. The monoisotopic (exact) mass is 217 g/mol. The first-order chi connectivity index (χ1) is 7.83. The molecule has 3 heteroatoms. The first-order valence-electron chi connectivity index (χ1n) is 5.56. The molecule has 0 radical (unpaired) electrons. The van der Waals surface area contributed by atoms with E-state index in [2.05, 4.69) is 11.9 Å². The summed E-state index contributed by atoms with van der Waals surface area (Å²) in [7, 11) is 0. The summed E-state index contributed by atoms with van der Waals surface area (Å²) in [4.78, 5) is 14.8. The fourth-order valence-corrected chi connectivity index (χ4v) is 1.63. The van der Waals surface area contributed by atoms with Gasteiger partial charge in [-0.3, -0.25) is 0 Å². The van der Waals surface area contributed by atoms with E-state index in [-0.39, 0.29) is 5.97 Å². The number of rotatable bonds is 4. The number of ether oxygens (including phenoxy) is 1. The Bertz CT molecular complexity index is 487. The predicted octanol–water partition coefficient (Wildman–Crippen LogP) is 3.12. The summed E-state index contributed by atoms with van der Waals surface area (Å²) in [6.07, 6.45) is 3.65. The molecule has 0 saturated heterocycles. The maximum absolute atomic E-state index is 11.8. The minimum Gasteiger partial charge on any atom is -0.462 e. The molecular formula is C13H15NO2. The summed E-state index contributed by atoms with van der Waals surface area (Å²) in [6, 6.07) is 7.71. The van der Waals surface area contributed by atoms with Crippen molar-refractivity contribution in [2.24, 2.45) is 0 Å². The molecule has 16 heavy (non-hydrogen) atoms. The van der Waals surface area contributed by atoms with Crippen molar-refractivity contribution in [3.63, 3.8) is 0 Å². The summed E-state index contributed by atoms with van der Waals surface area (Å²) in [6.45, 7) is 2.56. The van der Waals surface area contributed by atoms with Crippen molar-refractivity contribution in [1.82, 2.24) is 4.98 Å². The fraction of sp³-hybridized carbons (Fsp3) is 0.308. The Kier molecular flexibility index (Phi) is 3.25. The normalized spacial score (nSPS) is 10.6. The number of aromatic amines is 1. The van der Waals surface area contributed by atoms with E-state index in [1.165, 1.54) is 0 Å². The Morgan fingerprint density at radius 2 is 2.19 bits per heavy atom. The number of nitrogens with one attached hydrogen (secondary N) is 1. The number of hydrogen-bond donors (Lipinski definition) is 1. The second-order valence-corrected chi connectivity index (χ2v) is 3.74. The lowest BCUT2D eigenvalue weighted by Gasteiger charge is -2.02. The standard InChI is InChI=1S/C13H15NO2/c1-2-3-8-16-13(15)11-9-14-12-7-5-4-6-10(11)12/h4-7,9,14H,2-3,8H2,1H3. The third-order valence-electron chi connectivity index (χ3n) is 2.54. The highest BCUT2D eigenvalue weighted by Gasteiger charge is 2.12. The molecule has 0 aliphatic rings. The molecule has 0 aliphatic heterocycles. The Morgan fingerprint density at radius 3 is 3.00 bits per heavy atom. The van der Waals surface area contributed by atoms with Crippen molar-refractivity contribution in [1.29, 1.82) is 0 Å². The van der Waals surface area contributed by atoms with Gasteiger partial charge in [-0.1, -0.05) is 31.5 Å². The molecule has 0 saturated carbocycles. The molecule has 0 spiro atoms. The highest BCUT2D eigenvalue weighted by molar-refractivity contribution is 6.03. The van der Waals surface area contributed by atoms with Gasteiger partial charge < -0.3 is 9.72 Å². The average Bonchev–Trinajstić information content (AvgIpc) is 2.73. The molecule has 1 N–H and O–H groups in total. The minimum absolute atomic E-state index is 0.245. The lowest BCUT2D eigenvalue weighted by atomic mass is 10.2. The van der Waals surface area contributed by atoms with Crippen LogP contribution < -0.4 is 0 Å². The van der Waals surface area contributed by atoms with Crippen LogP contribution >= 0.6 is 0 Å². The van der Waals surface area contributed by atoms with Crippen LogP contribution in [0.5, 0.6) is 0 Å². The van der Waals surface area contributed by atoms with Gasteiger partial charge in [-0.05, 0) is 12.5 Å². The molecule has 84 valence electrons. The van der Waals surface area contributed by atoms with E-state index in [0.717, 1.165) is 23.7 Å². The molecule has 3 nitrogen and oxygen atoms in total. The second-order valence-electron chi connectivity index (χ2n) is 3.74. The molecule has 0 bridgehead atoms. The molecule has 0 aliphatic carbocycles. The van der Waals surface area contributed by atoms with E-state index >= 15 is 0 Å². The Morgan fingerprint density at radius 1 is 1.38 bits per heavy atom. The predicted molar refractivity (Wildman–Crippen MR) is 63.5 cm³/mol. The number of aromatic nitrogens is 1. The van der Waals surface area contributed by atoms with E-state index in [9.17, 15) is 4.79 Å². The second kappa shape index (κ2) is 4.84. The van der Waals surface area contributed by atoms with Crippen LogP contribution in [0.2, 0.25) is 0 Å². The van der Waals surface area contributed by atoms with Crippen molar-refractivity contribution in [3.05, 3.63) is 36.0 Å². The molecule has 1 aromatic heterocycles. The molecule has 1 heterocycles. The number of benzene rings is 1. The van der Waals surface area contributed by atoms with Crippen LogP contribution in [0.3, 0.4) is 0 Å². The number of fused-ring (bicyclic) bond motifs is 1. The third-order valence-corrected chi connectivity index (χ3v) is 2.54. The van der Waals surface area contributed by atoms with Crippen LogP contribution in [0.15, 0.2) is 30.5 Å². The van der Waals surface area contributed by atoms with Gasteiger partial charge in [-0.2, -0.15) is 0 Å². The van der Waals surface area contributed by atoms with Gasteiger partial charge in [0.15, 0.2) is 0 Å². The zero-order valence-electron chi connectivity index (χ0n) is 9.32. The van der Waals surface area contributed by atoms with E-state index in [4.69, 9.17) is 4.74 Å². The molecule has 0 unspecified atom stereocenters. The Hall–Kier alpha value is -1.77. The van der Waals surface area contributed by atoms with E-state index in [1.54, 1.807) is 6.20 Å². The van der Waals surface area contributed by atoms with E-state index in [0.29, 0.717) is 12.2 Å². The van der Waals surface area contributed by atoms with Crippen molar-refractivity contribution in [2.75, 3.05) is 6.61 Å². The molecular weight excluding hydrogens is 202 g/mol. The number of carbonyl (C=O) groups is 1. The molecule has 2 aromatic rings.